The topological polar surface area (TPSA) is 106 Å². The lowest BCUT2D eigenvalue weighted by atomic mass is 10.1. The number of nitrogens with one attached hydrogen (secondary N) is 3. The first-order valence-electron chi connectivity index (χ1n) is 15.0. The summed E-state index contributed by atoms with van der Waals surface area (Å²) in [5, 5.41) is 8.45. The Labute approximate surface area is 274 Å². The van der Waals surface area contributed by atoms with Crippen LogP contribution in [0.4, 0.5) is 11.4 Å². The first kappa shape index (κ1) is 33.9. The largest absolute Gasteiger partial charge is 0.493 e. The molecular formula is C37H39N3O5S. The molecule has 46 heavy (non-hydrogen) atoms. The standard InChI is InChI=1S/C37H39N3O5S/c1-6-26-16-11-13-24(3)34(26)40-37(43)33(7-2)46-29-18-12-17-28(23-29)38-36(42)30(39-35(41)27-14-9-8-10-15-27)21-25-19-20-31(44-4)32(22-25)45-5/h8-23,33H,6-7H2,1-5H3,(H,38,42)(H,39,41)(H,40,43)/b30-21+. The summed E-state index contributed by atoms with van der Waals surface area (Å²) >= 11 is 1.43. The van der Waals surface area contributed by atoms with E-state index < -0.39 is 11.8 Å². The van der Waals surface area contributed by atoms with Crippen LogP contribution in [0.25, 0.3) is 6.08 Å². The maximum atomic E-state index is 13.6. The van der Waals surface area contributed by atoms with Gasteiger partial charge >= 0.3 is 0 Å². The number of carbonyl (C=O) groups excluding carboxylic acids is 3. The number of benzene rings is 4. The van der Waals surface area contributed by atoms with E-state index in [9.17, 15) is 14.4 Å². The number of hydrogen-bond donors (Lipinski definition) is 3. The Hall–Kier alpha value is -5.02. The molecule has 0 spiro atoms. The van der Waals surface area contributed by atoms with Crippen molar-refractivity contribution in [1.29, 1.82) is 0 Å². The van der Waals surface area contributed by atoms with Gasteiger partial charge in [0, 0.05) is 21.8 Å². The minimum atomic E-state index is -0.516. The molecule has 238 valence electrons. The van der Waals surface area contributed by atoms with Crippen molar-refractivity contribution in [3.8, 4) is 11.5 Å². The van der Waals surface area contributed by atoms with Crippen LogP contribution in [0, 0.1) is 6.92 Å². The smallest absolute Gasteiger partial charge is 0.272 e. The molecule has 0 radical (unpaired) electrons. The average Bonchev–Trinajstić information content (AvgIpc) is 3.08. The third-order valence-electron chi connectivity index (χ3n) is 7.27. The lowest BCUT2D eigenvalue weighted by Crippen LogP contribution is -2.30. The van der Waals surface area contributed by atoms with Gasteiger partial charge in [-0.1, -0.05) is 62.4 Å². The van der Waals surface area contributed by atoms with Crippen molar-refractivity contribution >= 4 is 46.9 Å². The van der Waals surface area contributed by atoms with Crippen molar-refractivity contribution < 1.29 is 23.9 Å². The van der Waals surface area contributed by atoms with Gasteiger partial charge in [0.15, 0.2) is 11.5 Å². The highest BCUT2D eigenvalue weighted by atomic mass is 32.2. The highest BCUT2D eigenvalue weighted by molar-refractivity contribution is 8.00. The highest BCUT2D eigenvalue weighted by Gasteiger charge is 2.21. The van der Waals surface area contributed by atoms with Crippen LogP contribution in [0.3, 0.4) is 0 Å². The van der Waals surface area contributed by atoms with Crippen molar-refractivity contribution in [1.82, 2.24) is 5.32 Å². The monoisotopic (exact) mass is 637 g/mol. The number of thioether (sulfide) groups is 1. The molecule has 0 aliphatic carbocycles. The van der Waals surface area contributed by atoms with Crippen LogP contribution in [0.5, 0.6) is 11.5 Å². The second kappa shape index (κ2) is 16.3. The Morgan fingerprint density at radius 1 is 0.826 bits per heavy atom. The number of ether oxygens (including phenoxy) is 2. The van der Waals surface area contributed by atoms with Crippen molar-refractivity contribution in [2.45, 2.75) is 43.8 Å². The maximum Gasteiger partial charge on any atom is 0.272 e. The summed E-state index contributed by atoms with van der Waals surface area (Å²) < 4.78 is 10.7. The van der Waals surface area contributed by atoms with E-state index in [0.717, 1.165) is 28.1 Å². The zero-order valence-electron chi connectivity index (χ0n) is 26.7. The van der Waals surface area contributed by atoms with Crippen molar-refractivity contribution in [3.05, 3.63) is 119 Å². The van der Waals surface area contributed by atoms with E-state index in [-0.39, 0.29) is 16.9 Å². The minimum Gasteiger partial charge on any atom is -0.493 e. The summed E-state index contributed by atoms with van der Waals surface area (Å²) in [5.74, 6) is 0.00542. The molecular weight excluding hydrogens is 598 g/mol. The van der Waals surface area contributed by atoms with Crippen LogP contribution >= 0.6 is 11.8 Å². The summed E-state index contributed by atoms with van der Waals surface area (Å²) in [6.07, 6.45) is 3.01. The summed E-state index contributed by atoms with van der Waals surface area (Å²) in [5.41, 5.74) is 4.56. The zero-order chi connectivity index (χ0) is 33.1. The fraction of sp³-hybridized carbons (Fsp3) is 0.216. The van der Waals surface area contributed by atoms with Crippen LogP contribution in [0.1, 0.15) is 47.3 Å². The van der Waals surface area contributed by atoms with E-state index in [2.05, 4.69) is 22.9 Å². The number of amides is 3. The quantitative estimate of drug-likeness (QED) is 0.104. The van der Waals surface area contributed by atoms with Crippen molar-refractivity contribution in [3.63, 3.8) is 0 Å². The van der Waals surface area contributed by atoms with E-state index in [0.29, 0.717) is 34.7 Å². The second-order valence-electron chi connectivity index (χ2n) is 10.4. The van der Waals surface area contributed by atoms with Gasteiger partial charge in [-0.2, -0.15) is 0 Å². The predicted molar refractivity (Wildman–Crippen MR) is 186 cm³/mol. The molecule has 0 fully saturated rings. The number of methoxy groups -OCH3 is 2. The van der Waals surface area contributed by atoms with Crippen LogP contribution < -0.4 is 25.4 Å². The third kappa shape index (κ3) is 8.79. The van der Waals surface area contributed by atoms with E-state index in [1.54, 1.807) is 61.7 Å². The molecule has 4 aromatic rings. The zero-order valence-corrected chi connectivity index (χ0v) is 27.5. The first-order chi connectivity index (χ1) is 22.3. The van der Waals surface area contributed by atoms with Crippen LogP contribution in [0.15, 0.2) is 102 Å². The number of anilines is 2. The van der Waals surface area contributed by atoms with Gasteiger partial charge in [-0.15, -0.1) is 11.8 Å². The van der Waals surface area contributed by atoms with E-state index in [1.807, 2.05) is 56.3 Å². The summed E-state index contributed by atoms with van der Waals surface area (Å²) in [7, 11) is 3.07. The molecule has 3 N–H and O–H groups in total. The maximum absolute atomic E-state index is 13.6. The Morgan fingerprint density at radius 3 is 2.26 bits per heavy atom. The van der Waals surface area contributed by atoms with Gasteiger partial charge < -0.3 is 25.4 Å². The molecule has 4 rings (SSSR count). The number of aryl methyl sites for hydroxylation is 2. The molecule has 0 saturated carbocycles. The van der Waals surface area contributed by atoms with Gasteiger partial charge in [0.05, 0.1) is 19.5 Å². The molecule has 1 atom stereocenters. The summed E-state index contributed by atoms with van der Waals surface area (Å²) in [4.78, 5) is 40.9. The summed E-state index contributed by atoms with van der Waals surface area (Å²) in [6, 6.07) is 27.2. The Balaban J connectivity index is 1.55. The van der Waals surface area contributed by atoms with Gasteiger partial charge in [0.2, 0.25) is 5.91 Å². The fourth-order valence-electron chi connectivity index (χ4n) is 4.79. The van der Waals surface area contributed by atoms with E-state index in [4.69, 9.17) is 9.47 Å². The average molecular weight is 638 g/mol. The third-order valence-corrected chi connectivity index (χ3v) is 8.63. The van der Waals surface area contributed by atoms with Crippen LogP contribution in [-0.2, 0) is 16.0 Å². The SMILES string of the molecule is CCc1cccc(C)c1NC(=O)C(CC)Sc1cccc(NC(=O)/C(=C\c2ccc(OC)c(OC)c2)NC(=O)c2ccccc2)c1. The van der Waals surface area contributed by atoms with Crippen LogP contribution in [-0.4, -0.2) is 37.2 Å². The Kier molecular flexibility index (Phi) is 12.0. The fourth-order valence-corrected chi connectivity index (χ4v) is 5.80. The molecule has 4 aromatic carbocycles. The number of para-hydroxylation sites is 1. The van der Waals surface area contributed by atoms with Gasteiger partial charge in [-0.25, -0.2) is 0 Å². The lowest BCUT2D eigenvalue weighted by Gasteiger charge is -2.18. The van der Waals surface area contributed by atoms with Crippen molar-refractivity contribution in [2.75, 3.05) is 24.9 Å². The normalized spacial score (nSPS) is 11.7. The van der Waals surface area contributed by atoms with Gasteiger partial charge in [-0.05, 0) is 85.0 Å². The second-order valence-corrected chi connectivity index (χ2v) is 11.7. The lowest BCUT2D eigenvalue weighted by molar-refractivity contribution is -0.116. The van der Waals surface area contributed by atoms with Gasteiger partial charge in [-0.3, -0.25) is 14.4 Å². The van der Waals surface area contributed by atoms with Crippen molar-refractivity contribution in [2.24, 2.45) is 0 Å². The molecule has 9 heteroatoms. The van der Waals surface area contributed by atoms with Gasteiger partial charge in [0.25, 0.3) is 11.8 Å². The molecule has 8 nitrogen and oxygen atoms in total. The molecule has 0 saturated heterocycles. The Morgan fingerprint density at radius 2 is 1.57 bits per heavy atom. The molecule has 0 aliphatic heterocycles. The number of hydrogen-bond acceptors (Lipinski definition) is 6. The molecule has 3 amide bonds. The predicted octanol–water partition coefficient (Wildman–Crippen LogP) is 7.49. The molecule has 1 unspecified atom stereocenters. The Bertz CT molecular complexity index is 1720. The highest BCUT2D eigenvalue weighted by Crippen LogP contribution is 2.31. The summed E-state index contributed by atoms with van der Waals surface area (Å²) in [6.45, 7) is 6.03. The molecule has 0 heterocycles. The molecule has 0 bridgehead atoms. The van der Waals surface area contributed by atoms with Gasteiger partial charge in [0.1, 0.15) is 5.70 Å². The molecule has 0 aromatic heterocycles. The number of carbonyl (C=O) groups is 3. The molecule has 0 aliphatic rings. The van der Waals surface area contributed by atoms with E-state index >= 15 is 0 Å². The first-order valence-corrected chi connectivity index (χ1v) is 15.9. The van der Waals surface area contributed by atoms with E-state index in [1.165, 1.54) is 18.9 Å². The number of rotatable bonds is 13. The van der Waals surface area contributed by atoms with Crippen LogP contribution in [0.2, 0.25) is 0 Å². The minimum absolute atomic E-state index is 0.0369.